The van der Waals surface area contributed by atoms with E-state index in [0.29, 0.717) is 6.54 Å². The first kappa shape index (κ1) is 19.0. The summed E-state index contributed by atoms with van der Waals surface area (Å²) in [6.07, 6.45) is 4.14. The molecule has 0 saturated carbocycles. The van der Waals surface area contributed by atoms with Crippen LogP contribution < -0.4 is 5.32 Å². The van der Waals surface area contributed by atoms with Crippen LogP contribution >= 0.6 is 0 Å². The molecule has 3 aromatic rings. The van der Waals surface area contributed by atoms with Crippen molar-refractivity contribution in [2.24, 2.45) is 0 Å². The molecule has 1 fully saturated rings. The van der Waals surface area contributed by atoms with Crippen LogP contribution in [0.4, 0.5) is 8.78 Å². The topological polar surface area (TPSA) is 44.0 Å². The minimum Gasteiger partial charge on any atom is -0.304 e. The Labute approximate surface area is 163 Å². The molecule has 0 spiro atoms. The largest absolute Gasteiger partial charge is 0.304 e. The molecular weight excluding hydrogens is 358 g/mol. The Morgan fingerprint density at radius 1 is 1.11 bits per heavy atom. The minimum absolute atomic E-state index is 0.141. The van der Waals surface area contributed by atoms with Crippen LogP contribution in [-0.4, -0.2) is 33.7 Å². The van der Waals surface area contributed by atoms with E-state index in [1.807, 2.05) is 6.07 Å². The molecule has 1 atom stereocenters. The fourth-order valence-corrected chi connectivity index (χ4v) is 4.26. The second-order valence-corrected chi connectivity index (χ2v) is 8.13. The molecule has 28 heavy (non-hydrogen) atoms. The lowest BCUT2D eigenvalue weighted by atomic mass is 9.86. The standard InChI is InChI=1S/C22H26F2N4/c1-22(2,28-9-3-4-10-28)21(16-7-8-18(23)19(24)12-16)25-13-15-5-6-17-14-26-27-20(17)11-15/h5-8,11-12,14,21,25H,3-4,9-10,13H2,1-2H3,(H,26,27). The van der Waals surface area contributed by atoms with Crippen molar-refractivity contribution in [1.82, 2.24) is 20.4 Å². The molecule has 1 aromatic heterocycles. The maximum Gasteiger partial charge on any atom is 0.159 e. The van der Waals surface area contributed by atoms with Gasteiger partial charge in [0, 0.05) is 17.5 Å². The molecule has 4 nitrogen and oxygen atoms in total. The number of hydrogen-bond acceptors (Lipinski definition) is 3. The van der Waals surface area contributed by atoms with Gasteiger partial charge in [-0.25, -0.2) is 8.78 Å². The van der Waals surface area contributed by atoms with E-state index in [0.717, 1.165) is 35.1 Å². The summed E-state index contributed by atoms with van der Waals surface area (Å²) in [5.41, 5.74) is 2.63. The van der Waals surface area contributed by atoms with E-state index >= 15 is 0 Å². The molecular formula is C22H26F2N4. The van der Waals surface area contributed by atoms with Crippen molar-refractivity contribution in [3.8, 4) is 0 Å². The zero-order valence-electron chi connectivity index (χ0n) is 16.3. The summed E-state index contributed by atoms with van der Waals surface area (Å²) in [6, 6.07) is 10.3. The molecule has 2 heterocycles. The molecule has 1 aliphatic rings. The Kier molecular flexibility index (Phi) is 5.17. The number of nitrogens with one attached hydrogen (secondary N) is 2. The number of fused-ring (bicyclic) bond motifs is 1. The Balaban J connectivity index is 1.62. The normalized spacial score (nSPS) is 16.7. The molecule has 6 heteroatoms. The molecule has 148 valence electrons. The predicted octanol–water partition coefficient (Wildman–Crippen LogP) is 4.55. The Hall–Kier alpha value is -2.31. The molecule has 1 saturated heterocycles. The molecule has 0 radical (unpaired) electrons. The number of nitrogens with zero attached hydrogens (tertiary/aromatic N) is 2. The quantitative estimate of drug-likeness (QED) is 0.655. The first-order valence-corrected chi connectivity index (χ1v) is 9.80. The number of aromatic amines is 1. The van der Waals surface area contributed by atoms with Gasteiger partial charge in [0.2, 0.25) is 0 Å². The molecule has 2 aromatic carbocycles. The van der Waals surface area contributed by atoms with E-state index in [4.69, 9.17) is 0 Å². The highest BCUT2D eigenvalue weighted by molar-refractivity contribution is 5.78. The number of H-pyrrole nitrogens is 1. The van der Waals surface area contributed by atoms with Crippen molar-refractivity contribution in [3.05, 3.63) is 65.4 Å². The average molecular weight is 384 g/mol. The Morgan fingerprint density at radius 2 is 1.89 bits per heavy atom. The fraction of sp³-hybridized carbons (Fsp3) is 0.409. The summed E-state index contributed by atoms with van der Waals surface area (Å²) >= 11 is 0. The maximum atomic E-state index is 14.0. The van der Waals surface area contributed by atoms with Gasteiger partial charge < -0.3 is 5.32 Å². The van der Waals surface area contributed by atoms with Crippen molar-refractivity contribution < 1.29 is 8.78 Å². The summed E-state index contributed by atoms with van der Waals surface area (Å²) < 4.78 is 27.5. The molecule has 4 rings (SSSR count). The van der Waals surface area contributed by atoms with Crippen LogP contribution in [0.1, 0.15) is 43.9 Å². The average Bonchev–Trinajstić information content (AvgIpc) is 3.36. The van der Waals surface area contributed by atoms with Crippen molar-refractivity contribution in [2.45, 2.75) is 44.8 Å². The summed E-state index contributed by atoms with van der Waals surface area (Å²) in [6.45, 7) is 7.02. The Morgan fingerprint density at radius 3 is 2.64 bits per heavy atom. The van der Waals surface area contributed by atoms with E-state index in [-0.39, 0.29) is 11.6 Å². The zero-order valence-corrected chi connectivity index (χ0v) is 16.3. The Bertz CT molecular complexity index is 960. The number of rotatable bonds is 6. The third kappa shape index (κ3) is 3.66. The number of benzene rings is 2. The van der Waals surface area contributed by atoms with Gasteiger partial charge in [0.15, 0.2) is 11.6 Å². The number of aromatic nitrogens is 2. The monoisotopic (exact) mass is 384 g/mol. The number of hydrogen-bond donors (Lipinski definition) is 2. The fourth-order valence-electron chi connectivity index (χ4n) is 4.26. The summed E-state index contributed by atoms with van der Waals surface area (Å²) in [4.78, 5) is 2.43. The van der Waals surface area contributed by atoms with Gasteiger partial charge in [0.05, 0.1) is 17.8 Å². The van der Waals surface area contributed by atoms with Crippen LogP contribution in [0, 0.1) is 11.6 Å². The SMILES string of the molecule is CC(C)(C(NCc1ccc2cn[nH]c2c1)c1ccc(F)c(F)c1)N1CCCC1. The van der Waals surface area contributed by atoms with Crippen LogP contribution in [0.25, 0.3) is 10.9 Å². The summed E-state index contributed by atoms with van der Waals surface area (Å²) in [7, 11) is 0. The highest BCUT2D eigenvalue weighted by Crippen LogP contribution is 2.34. The molecule has 1 unspecified atom stereocenters. The van der Waals surface area contributed by atoms with Gasteiger partial charge in [-0.2, -0.15) is 5.10 Å². The first-order valence-electron chi connectivity index (χ1n) is 9.80. The molecule has 2 N–H and O–H groups in total. The third-order valence-electron chi connectivity index (χ3n) is 5.92. The van der Waals surface area contributed by atoms with Crippen LogP contribution in [0.15, 0.2) is 42.6 Å². The zero-order chi connectivity index (χ0) is 19.7. The van der Waals surface area contributed by atoms with E-state index < -0.39 is 11.6 Å². The minimum atomic E-state index is -0.814. The molecule has 0 amide bonds. The third-order valence-corrected chi connectivity index (χ3v) is 5.92. The van der Waals surface area contributed by atoms with Gasteiger partial charge in [-0.15, -0.1) is 0 Å². The number of halogens is 2. The molecule has 0 bridgehead atoms. The van der Waals surface area contributed by atoms with Crippen LogP contribution in [-0.2, 0) is 6.54 Å². The van der Waals surface area contributed by atoms with Gasteiger partial charge in [0.1, 0.15) is 0 Å². The second-order valence-electron chi connectivity index (χ2n) is 8.13. The van der Waals surface area contributed by atoms with Crippen molar-refractivity contribution in [1.29, 1.82) is 0 Å². The highest BCUT2D eigenvalue weighted by Gasteiger charge is 2.37. The first-order chi connectivity index (χ1) is 13.4. The lowest BCUT2D eigenvalue weighted by Gasteiger charge is -2.43. The van der Waals surface area contributed by atoms with Crippen LogP contribution in [0.2, 0.25) is 0 Å². The maximum absolute atomic E-state index is 14.0. The second kappa shape index (κ2) is 7.60. The molecule has 0 aliphatic carbocycles. The van der Waals surface area contributed by atoms with Crippen LogP contribution in [0.5, 0.6) is 0 Å². The van der Waals surface area contributed by atoms with Gasteiger partial charge in [-0.05, 0) is 69.1 Å². The van der Waals surface area contributed by atoms with Gasteiger partial charge in [0.25, 0.3) is 0 Å². The number of likely N-dealkylation sites (tertiary alicyclic amines) is 1. The van der Waals surface area contributed by atoms with Crippen LogP contribution in [0.3, 0.4) is 0 Å². The van der Waals surface area contributed by atoms with Crippen molar-refractivity contribution >= 4 is 10.9 Å². The predicted molar refractivity (Wildman–Crippen MR) is 107 cm³/mol. The molecule has 1 aliphatic heterocycles. The van der Waals surface area contributed by atoms with E-state index in [1.54, 1.807) is 12.3 Å². The highest BCUT2D eigenvalue weighted by atomic mass is 19.2. The lowest BCUT2D eigenvalue weighted by Crippen LogP contribution is -2.51. The van der Waals surface area contributed by atoms with E-state index in [9.17, 15) is 8.78 Å². The van der Waals surface area contributed by atoms with Crippen molar-refractivity contribution in [3.63, 3.8) is 0 Å². The van der Waals surface area contributed by atoms with Crippen molar-refractivity contribution in [2.75, 3.05) is 13.1 Å². The summed E-state index contributed by atoms with van der Waals surface area (Å²) in [5.74, 6) is -1.62. The van der Waals surface area contributed by atoms with Gasteiger partial charge in [-0.3, -0.25) is 10.00 Å². The van der Waals surface area contributed by atoms with E-state index in [2.05, 4.69) is 46.4 Å². The van der Waals surface area contributed by atoms with Gasteiger partial charge in [-0.1, -0.05) is 18.2 Å². The van der Waals surface area contributed by atoms with Gasteiger partial charge >= 0.3 is 0 Å². The lowest BCUT2D eigenvalue weighted by molar-refractivity contribution is 0.105. The summed E-state index contributed by atoms with van der Waals surface area (Å²) in [5, 5.41) is 11.7. The smallest absolute Gasteiger partial charge is 0.159 e. The van der Waals surface area contributed by atoms with E-state index in [1.165, 1.54) is 25.0 Å².